The van der Waals surface area contributed by atoms with Crippen molar-refractivity contribution < 1.29 is 18.3 Å². The molecule has 0 radical (unpaired) electrons. The van der Waals surface area contributed by atoms with E-state index in [0.717, 1.165) is 5.69 Å². The number of amides is 1. The Kier molecular flexibility index (Phi) is 7.47. The number of carbonyl (C=O) groups is 1. The molecule has 1 heterocycles. The number of anilines is 1. The quantitative estimate of drug-likeness (QED) is 0.309. The van der Waals surface area contributed by atoms with Crippen LogP contribution in [-0.4, -0.2) is 28.1 Å². The van der Waals surface area contributed by atoms with Crippen molar-refractivity contribution in [2.24, 2.45) is 0 Å². The van der Waals surface area contributed by atoms with Gasteiger partial charge in [0.05, 0.1) is 16.5 Å². The molecule has 0 aliphatic rings. The Bertz CT molecular complexity index is 1070. The molecule has 0 aliphatic heterocycles. The van der Waals surface area contributed by atoms with Gasteiger partial charge in [0.1, 0.15) is 5.75 Å². The largest absolute Gasteiger partial charge is 0.433 e. The normalized spacial score (nSPS) is 10.9. The number of aromatic nitrogens is 2. The standard InChI is InChI=1S/C17H11Cl2F2N3O2S3/c18-9-1-4-11(5-2-9)24-17(27)29-16(23-24)28-8-14(25)22-10-3-6-13(12(19)7-10)26-15(20)21/h1-7,15H,8H2,(H,22,25). The number of hydrogen-bond donors (Lipinski definition) is 1. The first-order valence-corrected chi connectivity index (χ1v) is 10.8. The van der Waals surface area contributed by atoms with Gasteiger partial charge in [0, 0.05) is 10.7 Å². The molecule has 1 N–H and O–H groups in total. The summed E-state index contributed by atoms with van der Waals surface area (Å²) in [6, 6.07) is 11.1. The second kappa shape index (κ2) is 9.86. The Morgan fingerprint density at radius 3 is 2.66 bits per heavy atom. The molecular formula is C17H11Cl2F2N3O2S3. The van der Waals surface area contributed by atoms with E-state index >= 15 is 0 Å². The van der Waals surface area contributed by atoms with Crippen LogP contribution in [0.4, 0.5) is 14.5 Å². The summed E-state index contributed by atoms with van der Waals surface area (Å²) in [5, 5.41) is 7.61. The van der Waals surface area contributed by atoms with Crippen molar-refractivity contribution in [1.82, 2.24) is 9.78 Å². The average Bonchev–Trinajstić information content (AvgIpc) is 3.03. The molecule has 0 aliphatic carbocycles. The smallest absolute Gasteiger partial charge is 0.387 e. The van der Waals surface area contributed by atoms with Gasteiger partial charge >= 0.3 is 6.61 Å². The molecule has 0 saturated carbocycles. The van der Waals surface area contributed by atoms with Gasteiger partial charge in [0.25, 0.3) is 0 Å². The lowest BCUT2D eigenvalue weighted by atomic mass is 10.3. The van der Waals surface area contributed by atoms with E-state index in [4.69, 9.17) is 35.4 Å². The van der Waals surface area contributed by atoms with Crippen LogP contribution in [0, 0.1) is 3.95 Å². The summed E-state index contributed by atoms with van der Waals surface area (Å²) in [6.07, 6.45) is 0. The average molecular weight is 494 g/mol. The van der Waals surface area contributed by atoms with E-state index in [0.29, 0.717) is 19.0 Å². The predicted molar refractivity (Wildman–Crippen MR) is 115 cm³/mol. The molecule has 0 saturated heterocycles. The summed E-state index contributed by atoms with van der Waals surface area (Å²) < 4.78 is 31.5. The number of thioether (sulfide) groups is 1. The number of rotatable bonds is 7. The highest BCUT2D eigenvalue weighted by Gasteiger charge is 2.12. The topological polar surface area (TPSA) is 56.2 Å². The van der Waals surface area contributed by atoms with Crippen molar-refractivity contribution >= 4 is 70.1 Å². The first-order valence-electron chi connectivity index (χ1n) is 7.85. The minimum Gasteiger partial charge on any atom is -0.433 e. The molecule has 0 spiro atoms. The second-order valence-electron chi connectivity index (χ2n) is 5.38. The lowest BCUT2D eigenvalue weighted by Gasteiger charge is -2.09. The van der Waals surface area contributed by atoms with Gasteiger partial charge in [-0.2, -0.15) is 8.78 Å². The van der Waals surface area contributed by atoms with Gasteiger partial charge in [-0.3, -0.25) is 4.79 Å². The van der Waals surface area contributed by atoms with Crippen molar-refractivity contribution in [1.29, 1.82) is 0 Å². The van der Waals surface area contributed by atoms with Crippen LogP contribution in [-0.2, 0) is 4.79 Å². The summed E-state index contributed by atoms with van der Waals surface area (Å²) >= 11 is 19.6. The summed E-state index contributed by atoms with van der Waals surface area (Å²) in [5.41, 5.74) is 1.13. The minimum atomic E-state index is -2.98. The molecule has 1 aromatic heterocycles. The fraction of sp³-hybridized carbons (Fsp3) is 0.118. The highest BCUT2D eigenvalue weighted by molar-refractivity contribution is 8.01. The highest BCUT2D eigenvalue weighted by Crippen LogP contribution is 2.29. The van der Waals surface area contributed by atoms with Crippen molar-refractivity contribution in [3.63, 3.8) is 0 Å². The number of ether oxygens (including phenoxy) is 1. The predicted octanol–water partition coefficient (Wildman–Crippen LogP) is 6.30. The highest BCUT2D eigenvalue weighted by atomic mass is 35.5. The van der Waals surface area contributed by atoms with Crippen molar-refractivity contribution in [3.05, 3.63) is 56.5 Å². The third kappa shape index (κ3) is 6.13. The van der Waals surface area contributed by atoms with Crippen LogP contribution in [0.25, 0.3) is 5.69 Å². The maximum atomic E-state index is 12.3. The third-order valence-corrected chi connectivity index (χ3v) is 6.27. The zero-order chi connectivity index (χ0) is 21.0. The number of halogens is 4. The number of hydrogen-bond acceptors (Lipinski definition) is 6. The number of nitrogens with one attached hydrogen (secondary N) is 1. The summed E-state index contributed by atoms with van der Waals surface area (Å²) in [5.74, 6) is -0.398. The molecular weight excluding hydrogens is 483 g/mol. The van der Waals surface area contributed by atoms with Gasteiger partial charge in [-0.25, -0.2) is 4.68 Å². The fourth-order valence-corrected chi connectivity index (χ4v) is 4.67. The Balaban J connectivity index is 1.60. The molecule has 2 aromatic carbocycles. The van der Waals surface area contributed by atoms with Crippen LogP contribution in [0.15, 0.2) is 46.8 Å². The molecule has 3 rings (SSSR count). The number of alkyl halides is 2. The molecule has 152 valence electrons. The molecule has 12 heteroatoms. The van der Waals surface area contributed by atoms with E-state index in [1.54, 1.807) is 28.9 Å². The zero-order valence-corrected chi connectivity index (χ0v) is 18.2. The van der Waals surface area contributed by atoms with E-state index in [2.05, 4.69) is 15.2 Å². The SMILES string of the molecule is O=C(CSc1nn(-c2ccc(Cl)cc2)c(=S)s1)Nc1ccc(OC(F)F)c(Cl)c1. The van der Waals surface area contributed by atoms with Gasteiger partial charge in [-0.15, -0.1) is 5.10 Å². The summed E-state index contributed by atoms with van der Waals surface area (Å²) in [7, 11) is 0. The Morgan fingerprint density at radius 2 is 2.00 bits per heavy atom. The van der Waals surface area contributed by atoms with Gasteiger partial charge in [-0.1, -0.05) is 46.3 Å². The van der Waals surface area contributed by atoms with E-state index in [-0.39, 0.29) is 22.4 Å². The molecule has 0 fully saturated rings. The van der Waals surface area contributed by atoms with Gasteiger partial charge in [0.2, 0.25) is 5.91 Å². The van der Waals surface area contributed by atoms with Crippen LogP contribution in [0.3, 0.4) is 0 Å². The molecule has 1 amide bonds. The fourth-order valence-electron chi connectivity index (χ4n) is 2.16. The zero-order valence-electron chi connectivity index (χ0n) is 14.3. The minimum absolute atomic E-state index is 0.0320. The molecule has 0 unspecified atom stereocenters. The number of nitrogens with zero attached hydrogens (tertiary/aromatic N) is 2. The molecule has 0 atom stereocenters. The molecule has 3 aromatic rings. The van der Waals surface area contributed by atoms with Crippen molar-refractivity contribution in [2.45, 2.75) is 11.0 Å². The second-order valence-corrected chi connectivity index (χ2v) is 9.07. The summed E-state index contributed by atoms with van der Waals surface area (Å²) in [4.78, 5) is 12.2. The first kappa shape index (κ1) is 22.0. The van der Waals surface area contributed by atoms with Crippen molar-refractivity contribution in [3.8, 4) is 11.4 Å². The van der Waals surface area contributed by atoms with E-state index in [9.17, 15) is 13.6 Å². The van der Waals surface area contributed by atoms with Crippen LogP contribution in [0.5, 0.6) is 5.75 Å². The van der Waals surface area contributed by atoms with Gasteiger partial charge in [0.15, 0.2) is 8.29 Å². The molecule has 0 bridgehead atoms. The van der Waals surface area contributed by atoms with E-state index in [1.807, 2.05) is 0 Å². The van der Waals surface area contributed by atoms with Gasteiger partial charge < -0.3 is 10.1 Å². The van der Waals surface area contributed by atoms with Crippen LogP contribution in [0.2, 0.25) is 10.0 Å². The van der Waals surface area contributed by atoms with E-state index in [1.165, 1.54) is 41.3 Å². The van der Waals surface area contributed by atoms with Crippen LogP contribution in [0.1, 0.15) is 0 Å². The Morgan fingerprint density at radius 1 is 1.28 bits per heavy atom. The van der Waals surface area contributed by atoms with Crippen LogP contribution < -0.4 is 10.1 Å². The molecule has 5 nitrogen and oxygen atoms in total. The lowest BCUT2D eigenvalue weighted by molar-refractivity contribution is -0.113. The van der Waals surface area contributed by atoms with Gasteiger partial charge in [-0.05, 0) is 54.7 Å². The molecule has 29 heavy (non-hydrogen) atoms. The lowest BCUT2D eigenvalue weighted by Crippen LogP contribution is -2.14. The monoisotopic (exact) mass is 493 g/mol. The van der Waals surface area contributed by atoms with E-state index < -0.39 is 6.61 Å². The Labute approximate surface area is 187 Å². The maximum Gasteiger partial charge on any atom is 0.387 e. The Hall–Kier alpha value is -1.72. The van der Waals surface area contributed by atoms with Crippen molar-refractivity contribution in [2.75, 3.05) is 11.1 Å². The number of carbonyl (C=O) groups excluding carboxylic acids is 1. The van der Waals surface area contributed by atoms with Crippen LogP contribution >= 0.6 is 58.5 Å². The summed E-state index contributed by atoms with van der Waals surface area (Å²) in [6.45, 7) is -2.98. The maximum absolute atomic E-state index is 12.3. The first-order chi connectivity index (χ1) is 13.8. The third-order valence-electron chi connectivity index (χ3n) is 3.36. The number of benzene rings is 2.